The molecule has 2 rings (SSSR count). The number of piperidine rings is 1. The predicted octanol–water partition coefficient (Wildman–Crippen LogP) is 2.26. The van der Waals surface area contributed by atoms with Crippen LogP contribution in [0.3, 0.4) is 0 Å². The molecule has 3 nitrogen and oxygen atoms in total. The Hall–Kier alpha value is -0.540. The third-order valence-corrected chi connectivity index (χ3v) is 4.81. The van der Waals surface area contributed by atoms with Gasteiger partial charge in [0.25, 0.3) is 0 Å². The molecule has 0 atom stereocenters. The van der Waals surface area contributed by atoms with Crippen LogP contribution in [0.15, 0.2) is 12.3 Å². The Bertz CT molecular complexity index is 284. The maximum atomic E-state index is 4.05. The van der Waals surface area contributed by atoms with E-state index in [-0.39, 0.29) is 0 Å². The van der Waals surface area contributed by atoms with Crippen molar-refractivity contribution < 1.29 is 0 Å². The lowest BCUT2D eigenvalue weighted by atomic mass is 9.95. The minimum Gasteiger partial charge on any atom is -0.373 e. The van der Waals surface area contributed by atoms with Crippen molar-refractivity contribution in [1.29, 1.82) is 0 Å². The topological polar surface area (TPSA) is 9.72 Å². The van der Waals surface area contributed by atoms with E-state index in [0.29, 0.717) is 0 Å². The van der Waals surface area contributed by atoms with Gasteiger partial charge >= 0.3 is 0 Å². The summed E-state index contributed by atoms with van der Waals surface area (Å²) in [5, 5.41) is 0. The van der Waals surface area contributed by atoms with Gasteiger partial charge in [-0.3, -0.25) is 4.90 Å². The molecule has 3 heteroatoms. The van der Waals surface area contributed by atoms with Crippen LogP contribution in [0.2, 0.25) is 0 Å². The lowest BCUT2D eigenvalue weighted by Crippen LogP contribution is -2.48. The van der Waals surface area contributed by atoms with E-state index in [4.69, 9.17) is 0 Å². The van der Waals surface area contributed by atoms with Crippen LogP contribution >= 0.6 is 0 Å². The van der Waals surface area contributed by atoms with Crippen molar-refractivity contribution in [1.82, 2.24) is 14.7 Å². The van der Waals surface area contributed by atoms with Crippen LogP contribution in [0.25, 0.3) is 0 Å². The second-order valence-corrected chi connectivity index (χ2v) is 6.60. The summed E-state index contributed by atoms with van der Waals surface area (Å²) in [6.07, 6.45) is 2.78. The van der Waals surface area contributed by atoms with E-state index in [1.54, 1.807) is 0 Å². The Morgan fingerprint density at radius 2 is 1.63 bits per heavy atom. The molecule has 0 saturated carbocycles. The van der Waals surface area contributed by atoms with Crippen molar-refractivity contribution >= 4 is 0 Å². The molecule has 19 heavy (non-hydrogen) atoms. The molecular formula is C16H31N3. The second-order valence-electron chi connectivity index (χ2n) is 6.60. The maximum absolute atomic E-state index is 4.05. The van der Waals surface area contributed by atoms with Gasteiger partial charge in [-0.2, -0.15) is 0 Å². The molecule has 0 bridgehead atoms. The van der Waals surface area contributed by atoms with Gasteiger partial charge in [0, 0.05) is 44.5 Å². The third kappa shape index (κ3) is 4.22. The maximum Gasteiger partial charge on any atom is 0.0303 e. The smallest absolute Gasteiger partial charge is 0.0303 e. The number of likely N-dealkylation sites (tertiary alicyclic amines) is 1. The van der Waals surface area contributed by atoms with Crippen LogP contribution in [0.1, 0.15) is 33.6 Å². The van der Waals surface area contributed by atoms with Gasteiger partial charge in [0.05, 0.1) is 0 Å². The zero-order valence-corrected chi connectivity index (χ0v) is 13.1. The van der Waals surface area contributed by atoms with E-state index in [1.807, 2.05) is 0 Å². The van der Waals surface area contributed by atoms with E-state index in [2.05, 4.69) is 42.0 Å². The van der Waals surface area contributed by atoms with Crippen molar-refractivity contribution in [3.63, 3.8) is 0 Å². The zero-order chi connectivity index (χ0) is 13.8. The molecule has 2 fully saturated rings. The number of nitrogens with zero attached hydrogens (tertiary/aromatic N) is 3. The molecule has 0 spiro atoms. The lowest BCUT2D eigenvalue weighted by molar-refractivity contribution is 0.0976. The summed E-state index contributed by atoms with van der Waals surface area (Å²) in [4.78, 5) is 7.70. The van der Waals surface area contributed by atoms with Crippen molar-refractivity contribution in [3.05, 3.63) is 12.3 Å². The van der Waals surface area contributed by atoms with Crippen LogP contribution in [0, 0.1) is 5.92 Å². The van der Waals surface area contributed by atoms with Crippen LogP contribution in [0.5, 0.6) is 0 Å². The first-order valence-corrected chi connectivity index (χ1v) is 7.93. The Morgan fingerprint density at radius 1 is 1.05 bits per heavy atom. The fraction of sp³-hybridized carbons (Fsp3) is 0.875. The molecule has 0 aromatic rings. The molecule has 0 aromatic carbocycles. The van der Waals surface area contributed by atoms with Crippen LogP contribution in [-0.2, 0) is 0 Å². The molecule has 110 valence electrons. The number of hydrogen-bond acceptors (Lipinski definition) is 3. The van der Waals surface area contributed by atoms with Crippen LogP contribution in [0.4, 0.5) is 0 Å². The zero-order valence-electron chi connectivity index (χ0n) is 13.1. The number of piperazine rings is 1. The minimum atomic E-state index is 0.722. The first-order chi connectivity index (χ1) is 9.06. The van der Waals surface area contributed by atoms with Gasteiger partial charge in [0.1, 0.15) is 0 Å². The van der Waals surface area contributed by atoms with Gasteiger partial charge in [0.15, 0.2) is 0 Å². The van der Waals surface area contributed by atoms with E-state index >= 15 is 0 Å². The van der Waals surface area contributed by atoms with Crippen molar-refractivity contribution in [2.45, 2.75) is 39.7 Å². The number of rotatable bonds is 4. The lowest BCUT2D eigenvalue weighted by Gasteiger charge is -2.40. The standard InChI is InChI=1S/C16H31N3/c1-14(2)18-7-5-16(6-8-18)13-17-9-11-19(12-10-17)15(3)4/h14,16H,3,5-13H2,1-2,4H3. The van der Waals surface area contributed by atoms with E-state index in [0.717, 1.165) is 12.0 Å². The van der Waals surface area contributed by atoms with E-state index in [9.17, 15) is 0 Å². The predicted molar refractivity (Wildman–Crippen MR) is 82.3 cm³/mol. The molecular weight excluding hydrogens is 234 g/mol. The van der Waals surface area contributed by atoms with Gasteiger partial charge in [-0.15, -0.1) is 0 Å². The summed E-state index contributed by atoms with van der Waals surface area (Å²) in [5.41, 5.74) is 1.23. The Balaban J connectivity index is 1.68. The van der Waals surface area contributed by atoms with Crippen molar-refractivity contribution in [3.8, 4) is 0 Å². The Morgan fingerprint density at radius 3 is 2.11 bits per heavy atom. The summed E-state index contributed by atoms with van der Waals surface area (Å²) < 4.78 is 0. The summed E-state index contributed by atoms with van der Waals surface area (Å²) in [5.74, 6) is 0.923. The largest absolute Gasteiger partial charge is 0.373 e. The monoisotopic (exact) mass is 265 g/mol. The quantitative estimate of drug-likeness (QED) is 0.772. The fourth-order valence-corrected chi connectivity index (χ4v) is 3.33. The molecule has 2 saturated heterocycles. The number of allylic oxidation sites excluding steroid dienone is 1. The fourth-order valence-electron chi connectivity index (χ4n) is 3.33. The second kappa shape index (κ2) is 6.76. The Kier molecular flexibility index (Phi) is 5.28. The third-order valence-electron chi connectivity index (χ3n) is 4.81. The summed E-state index contributed by atoms with van der Waals surface area (Å²) in [6, 6.07) is 0.722. The number of hydrogen-bond donors (Lipinski definition) is 0. The molecule has 2 aliphatic heterocycles. The molecule has 0 radical (unpaired) electrons. The van der Waals surface area contributed by atoms with E-state index in [1.165, 1.54) is 64.4 Å². The highest BCUT2D eigenvalue weighted by atomic mass is 15.3. The molecule has 0 amide bonds. The normalized spacial score (nSPS) is 24.1. The van der Waals surface area contributed by atoms with Gasteiger partial charge < -0.3 is 9.80 Å². The summed E-state index contributed by atoms with van der Waals surface area (Å²) >= 11 is 0. The van der Waals surface area contributed by atoms with Gasteiger partial charge in [-0.05, 0) is 52.6 Å². The molecule has 0 aromatic heterocycles. The average molecular weight is 265 g/mol. The highest BCUT2D eigenvalue weighted by Gasteiger charge is 2.24. The molecule has 0 aliphatic carbocycles. The van der Waals surface area contributed by atoms with Crippen molar-refractivity contribution in [2.24, 2.45) is 5.92 Å². The first kappa shape index (κ1) is 14.9. The van der Waals surface area contributed by atoms with Crippen molar-refractivity contribution in [2.75, 3.05) is 45.8 Å². The van der Waals surface area contributed by atoms with Gasteiger partial charge in [-0.25, -0.2) is 0 Å². The van der Waals surface area contributed by atoms with Crippen LogP contribution < -0.4 is 0 Å². The molecule has 0 N–H and O–H groups in total. The Labute approximate surface area is 119 Å². The van der Waals surface area contributed by atoms with Gasteiger partial charge in [-0.1, -0.05) is 6.58 Å². The molecule has 0 unspecified atom stereocenters. The SMILES string of the molecule is C=C(C)N1CCN(CC2CCN(C(C)C)CC2)CC1. The molecule has 2 aliphatic rings. The van der Waals surface area contributed by atoms with Gasteiger partial charge in [0.2, 0.25) is 0 Å². The minimum absolute atomic E-state index is 0.722. The van der Waals surface area contributed by atoms with Crippen LogP contribution in [-0.4, -0.2) is 66.6 Å². The summed E-state index contributed by atoms with van der Waals surface area (Å²) in [7, 11) is 0. The molecule has 2 heterocycles. The first-order valence-electron chi connectivity index (χ1n) is 7.93. The highest BCUT2D eigenvalue weighted by Crippen LogP contribution is 2.20. The van der Waals surface area contributed by atoms with E-state index < -0.39 is 0 Å². The highest BCUT2D eigenvalue weighted by molar-refractivity contribution is 4.91. The summed E-state index contributed by atoms with van der Waals surface area (Å²) in [6.45, 7) is 19.5. The average Bonchev–Trinajstić information content (AvgIpc) is 2.40.